The molecule has 0 saturated heterocycles. The number of thiophene rings is 1. The van der Waals surface area contributed by atoms with E-state index in [1.54, 1.807) is 11.3 Å². The summed E-state index contributed by atoms with van der Waals surface area (Å²) in [4.78, 5) is 0. The van der Waals surface area contributed by atoms with Crippen molar-refractivity contribution in [2.75, 3.05) is 13.1 Å². The van der Waals surface area contributed by atoms with Crippen molar-refractivity contribution in [3.63, 3.8) is 0 Å². The van der Waals surface area contributed by atoms with Crippen LogP contribution < -0.4 is 5.32 Å². The second-order valence-corrected chi connectivity index (χ2v) is 5.02. The van der Waals surface area contributed by atoms with E-state index in [1.807, 2.05) is 0 Å². The summed E-state index contributed by atoms with van der Waals surface area (Å²) in [6.45, 7) is 8.81. The van der Waals surface area contributed by atoms with Gasteiger partial charge in [-0.3, -0.25) is 0 Å². The first kappa shape index (κ1) is 12.5. The second kappa shape index (κ2) is 6.81. The molecule has 0 aliphatic heterocycles. The van der Waals surface area contributed by atoms with Crippen molar-refractivity contribution in [3.05, 3.63) is 28.0 Å². The minimum atomic E-state index is 0.726. The van der Waals surface area contributed by atoms with Crippen LogP contribution >= 0.6 is 11.3 Å². The summed E-state index contributed by atoms with van der Waals surface area (Å²) in [5, 5.41) is 7.80. The summed E-state index contributed by atoms with van der Waals surface area (Å²) in [6.07, 6.45) is 3.42. The van der Waals surface area contributed by atoms with Crippen LogP contribution in [-0.4, -0.2) is 13.1 Å². The predicted octanol–water partition coefficient (Wildman–Crippen LogP) is 3.79. The monoisotopic (exact) mass is 223 g/mol. The van der Waals surface area contributed by atoms with Crippen LogP contribution in [0.5, 0.6) is 0 Å². The maximum absolute atomic E-state index is 3.48. The lowest BCUT2D eigenvalue weighted by atomic mass is 10.1. The maximum Gasteiger partial charge on any atom is 0.0167 e. The highest BCUT2D eigenvalue weighted by Crippen LogP contribution is 2.12. The van der Waals surface area contributed by atoms with Gasteiger partial charge in [-0.05, 0) is 41.3 Å². The quantitative estimate of drug-likeness (QED) is 0.773. The Kier molecular flexibility index (Phi) is 5.66. The number of hydrogen-bond acceptors (Lipinski definition) is 2. The second-order valence-electron chi connectivity index (χ2n) is 4.24. The van der Waals surface area contributed by atoms with Gasteiger partial charge in [0.15, 0.2) is 0 Å². The molecule has 1 N–H and O–H groups in total. The molecular weight excluding hydrogens is 202 g/mol. The average Bonchev–Trinajstić information content (AvgIpc) is 2.68. The van der Waals surface area contributed by atoms with Crippen LogP contribution in [0.4, 0.5) is 0 Å². The summed E-state index contributed by atoms with van der Waals surface area (Å²) < 4.78 is 0. The Morgan fingerprint density at radius 3 is 2.87 bits per heavy atom. The van der Waals surface area contributed by atoms with E-state index in [0.717, 1.165) is 25.4 Å². The molecule has 1 aromatic heterocycles. The third-order valence-corrected chi connectivity index (χ3v) is 2.97. The SMILES string of the molecule is CCC(=Cc1ccsc1)CNCC(C)C. The molecule has 1 heterocycles. The zero-order chi connectivity index (χ0) is 11.1. The Hall–Kier alpha value is -0.600. The molecule has 2 heteroatoms. The van der Waals surface area contributed by atoms with E-state index in [2.05, 4.69) is 49.0 Å². The van der Waals surface area contributed by atoms with E-state index < -0.39 is 0 Å². The molecular formula is C13H21NS. The molecule has 0 unspecified atom stereocenters. The molecule has 84 valence electrons. The molecule has 0 aliphatic carbocycles. The van der Waals surface area contributed by atoms with Gasteiger partial charge in [0.05, 0.1) is 0 Å². The fourth-order valence-corrected chi connectivity index (χ4v) is 2.01. The highest BCUT2D eigenvalue weighted by atomic mass is 32.1. The lowest BCUT2D eigenvalue weighted by molar-refractivity contribution is 0.569. The van der Waals surface area contributed by atoms with Crippen LogP contribution in [0.25, 0.3) is 6.08 Å². The number of hydrogen-bond donors (Lipinski definition) is 1. The van der Waals surface area contributed by atoms with Crippen molar-refractivity contribution in [2.24, 2.45) is 5.92 Å². The molecule has 0 spiro atoms. The first-order valence-corrected chi connectivity index (χ1v) is 6.59. The molecule has 0 bridgehead atoms. The van der Waals surface area contributed by atoms with Crippen molar-refractivity contribution < 1.29 is 0 Å². The van der Waals surface area contributed by atoms with Gasteiger partial charge in [0.2, 0.25) is 0 Å². The summed E-state index contributed by atoms with van der Waals surface area (Å²) in [5.74, 6) is 0.726. The molecule has 15 heavy (non-hydrogen) atoms. The minimum absolute atomic E-state index is 0.726. The highest BCUT2D eigenvalue weighted by Gasteiger charge is 1.97. The van der Waals surface area contributed by atoms with E-state index in [1.165, 1.54) is 11.1 Å². The van der Waals surface area contributed by atoms with Crippen LogP contribution in [-0.2, 0) is 0 Å². The number of rotatable bonds is 6. The minimum Gasteiger partial charge on any atom is -0.313 e. The standard InChI is InChI=1S/C13H21NS/c1-4-12(9-14-8-11(2)3)7-13-5-6-15-10-13/h5-7,10-11,14H,4,8-9H2,1-3H3. The fourth-order valence-electron chi connectivity index (χ4n) is 1.39. The van der Waals surface area contributed by atoms with E-state index in [-0.39, 0.29) is 0 Å². The molecule has 1 aromatic rings. The van der Waals surface area contributed by atoms with Gasteiger partial charge in [-0.15, -0.1) is 0 Å². The van der Waals surface area contributed by atoms with Gasteiger partial charge in [-0.2, -0.15) is 11.3 Å². The van der Waals surface area contributed by atoms with Crippen LogP contribution in [0.2, 0.25) is 0 Å². The van der Waals surface area contributed by atoms with E-state index in [4.69, 9.17) is 0 Å². The summed E-state index contributed by atoms with van der Waals surface area (Å²) in [7, 11) is 0. The Bertz CT molecular complexity index is 285. The molecule has 1 nitrogen and oxygen atoms in total. The predicted molar refractivity (Wildman–Crippen MR) is 70.3 cm³/mol. The topological polar surface area (TPSA) is 12.0 Å². The third kappa shape index (κ3) is 5.14. The molecule has 0 aliphatic rings. The first-order valence-electron chi connectivity index (χ1n) is 5.64. The zero-order valence-electron chi connectivity index (χ0n) is 9.92. The van der Waals surface area contributed by atoms with Gasteiger partial charge in [-0.25, -0.2) is 0 Å². The molecule has 0 atom stereocenters. The van der Waals surface area contributed by atoms with Crippen molar-refractivity contribution >= 4 is 17.4 Å². The molecule has 0 fully saturated rings. The molecule has 0 aromatic carbocycles. The van der Waals surface area contributed by atoms with Crippen LogP contribution in [0.15, 0.2) is 22.4 Å². The van der Waals surface area contributed by atoms with Gasteiger partial charge in [0.25, 0.3) is 0 Å². The zero-order valence-corrected chi connectivity index (χ0v) is 10.7. The van der Waals surface area contributed by atoms with Gasteiger partial charge in [0.1, 0.15) is 0 Å². The third-order valence-electron chi connectivity index (χ3n) is 2.27. The normalized spacial score (nSPS) is 12.4. The molecule has 0 amide bonds. The van der Waals surface area contributed by atoms with Crippen molar-refractivity contribution in [1.29, 1.82) is 0 Å². The Morgan fingerprint density at radius 2 is 2.33 bits per heavy atom. The van der Waals surface area contributed by atoms with Crippen LogP contribution in [0.3, 0.4) is 0 Å². The van der Waals surface area contributed by atoms with Crippen molar-refractivity contribution in [2.45, 2.75) is 27.2 Å². The maximum atomic E-state index is 3.48. The van der Waals surface area contributed by atoms with Gasteiger partial charge in [0, 0.05) is 6.54 Å². The van der Waals surface area contributed by atoms with Crippen molar-refractivity contribution in [3.8, 4) is 0 Å². The number of nitrogens with one attached hydrogen (secondary N) is 1. The lowest BCUT2D eigenvalue weighted by Gasteiger charge is -2.09. The van der Waals surface area contributed by atoms with Gasteiger partial charge >= 0.3 is 0 Å². The lowest BCUT2D eigenvalue weighted by Crippen LogP contribution is -2.21. The average molecular weight is 223 g/mol. The Balaban J connectivity index is 2.42. The molecule has 0 saturated carbocycles. The van der Waals surface area contributed by atoms with E-state index in [0.29, 0.717) is 0 Å². The van der Waals surface area contributed by atoms with Crippen LogP contribution in [0, 0.1) is 5.92 Å². The largest absolute Gasteiger partial charge is 0.313 e. The smallest absolute Gasteiger partial charge is 0.0167 e. The van der Waals surface area contributed by atoms with E-state index in [9.17, 15) is 0 Å². The highest BCUT2D eigenvalue weighted by molar-refractivity contribution is 7.08. The molecule has 1 rings (SSSR count). The summed E-state index contributed by atoms with van der Waals surface area (Å²) in [5.41, 5.74) is 2.82. The van der Waals surface area contributed by atoms with E-state index >= 15 is 0 Å². The molecule has 0 radical (unpaired) electrons. The van der Waals surface area contributed by atoms with Gasteiger partial charge < -0.3 is 5.32 Å². The van der Waals surface area contributed by atoms with Crippen LogP contribution in [0.1, 0.15) is 32.8 Å². The first-order chi connectivity index (χ1) is 7.22. The van der Waals surface area contributed by atoms with Gasteiger partial charge in [-0.1, -0.05) is 32.4 Å². The fraction of sp³-hybridized carbons (Fsp3) is 0.538. The van der Waals surface area contributed by atoms with Crippen molar-refractivity contribution in [1.82, 2.24) is 5.32 Å². The Labute approximate surface area is 97.2 Å². The summed E-state index contributed by atoms with van der Waals surface area (Å²) in [6, 6.07) is 2.17. The summed E-state index contributed by atoms with van der Waals surface area (Å²) >= 11 is 1.76. The Morgan fingerprint density at radius 1 is 1.53 bits per heavy atom.